The van der Waals surface area contributed by atoms with Crippen LogP contribution in [0.4, 0.5) is 10.5 Å². The number of hydrogen-bond donors (Lipinski definition) is 1. The summed E-state index contributed by atoms with van der Waals surface area (Å²) >= 11 is 6.45. The highest BCUT2D eigenvalue weighted by atomic mass is 35.5. The fraction of sp³-hybridized carbons (Fsp3) is 0.579. The minimum atomic E-state index is -4.24. The number of fused-ring (bicyclic) bond motifs is 4. The standard InChI is InChI=1S/C38H49ClN4O7S/c1-37(2)35(44)40-51(46,47)29-11-14-34-32(22-29)43(24-38(25-48-34)15-4-7-26-21-28(39)10-13-31(26)38)23-27-9-12-30(27)33(8-5-20-49-37)50-36(45)42-17-6-16-41(3)18-19-42/h5,8,10-11,13-14,21-22,27,30,33H,4,6-7,9,12,15-20,23-25H2,1-3H3,(H,40,44)/t27-,30+,33-,38-/m0/s1. The molecule has 2 aromatic carbocycles. The van der Waals surface area contributed by atoms with Gasteiger partial charge in [0.25, 0.3) is 15.9 Å². The zero-order chi connectivity index (χ0) is 36.0. The summed E-state index contributed by atoms with van der Waals surface area (Å²) in [6.07, 6.45) is 8.36. The Labute approximate surface area is 306 Å². The molecule has 5 aliphatic rings. The molecule has 276 valence electrons. The molecule has 51 heavy (non-hydrogen) atoms. The van der Waals surface area contributed by atoms with Crippen LogP contribution in [0.3, 0.4) is 0 Å². The van der Waals surface area contributed by atoms with Crippen LogP contribution in [0, 0.1) is 11.8 Å². The molecule has 13 heteroatoms. The van der Waals surface area contributed by atoms with Crippen molar-refractivity contribution in [2.24, 2.45) is 11.8 Å². The number of carbonyl (C=O) groups excluding carboxylic acids is 2. The minimum Gasteiger partial charge on any atom is -0.490 e. The third-order valence-electron chi connectivity index (χ3n) is 11.5. The van der Waals surface area contributed by atoms with Gasteiger partial charge in [0.1, 0.15) is 17.5 Å². The number of carbonyl (C=O) groups is 2. The quantitative estimate of drug-likeness (QED) is 0.396. The van der Waals surface area contributed by atoms with E-state index in [-0.39, 0.29) is 34.8 Å². The zero-order valence-corrected chi connectivity index (χ0v) is 31.3. The summed E-state index contributed by atoms with van der Waals surface area (Å²) < 4.78 is 48.4. The fourth-order valence-corrected chi connectivity index (χ4v) is 9.62. The number of ether oxygens (including phenoxy) is 3. The first-order valence-corrected chi connectivity index (χ1v) is 20.0. The first-order valence-electron chi connectivity index (χ1n) is 18.2. The van der Waals surface area contributed by atoms with E-state index in [1.54, 1.807) is 23.1 Å². The third kappa shape index (κ3) is 7.47. The van der Waals surface area contributed by atoms with E-state index < -0.39 is 27.6 Å². The van der Waals surface area contributed by atoms with Gasteiger partial charge >= 0.3 is 6.09 Å². The van der Waals surface area contributed by atoms with Gasteiger partial charge in [-0.1, -0.05) is 23.7 Å². The van der Waals surface area contributed by atoms with Crippen molar-refractivity contribution in [3.63, 3.8) is 0 Å². The molecule has 1 saturated heterocycles. The molecule has 0 aromatic heterocycles. The summed E-state index contributed by atoms with van der Waals surface area (Å²) in [5, 5.41) is 0.706. The molecule has 1 saturated carbocycles. The Kier molecular flexibility index (Phi) is 10.1. The molecular formula is C38H49ClN4O7S. The van der Waals surface area contributed by atoms with Crippen molar-refractivity contribution in [2.75, 3.05) is 64.4 Å². The molecule has 2 fully saturated rings. The summed E-state index contributed by atoms with van der Waals surface area (Å²) in [5.41, 5.74) is 1.28. The molecule has 1 N–H and O–H groups in total. The second-order valence-electron chi connectivity index (χ2n) is 15.4. The maximum Gasteiger partial charge on any atom is 0.410 e. The Morgan fingerprint density at radius 2 is 1.90 bits per heavy atom. The fourth-order valence-electron chi connectivity index (χ4n) is 8.30. The number of rotatable bonds is 1. The van der Waals surface area contributed by atoms with E-state index in [0.29, 0.717) is 49.2 Å². The lowest BCUT2D eigenvalue weighted by Crippen LogP contribution is -2.50. The number of halogens is 1. The second-order valence-corrected chi connectivity index (χ2v) is 17.5. The summed E-state index contributed by atoms with van der Waals surface area (Å²) in [4.78, 5) is 33.2. The Morgan fingerprint density at radius 1 is 1.06 bits per heavy atom. The first-order chi connectivity index (χ1) is 24.3. The monoisotopic (exact) mass is 740 g/mol. The average Bonchev–Trinajstić information content (AvgIpc) is 3.38. The lowest BCUT2D eigenvalue weighted by molar-refractivity contribution is -0.139. The zero-order valence-electron chi connectivity index (χ0n) is 29.7. The number of anilines is 1. The molecule has 3 heterocycles. The van der Waals surface area contributed by atoms with Crippen molar-refractivity contribution in [3.8, 4) is 5.75 Å². The lowest BCUT2D eigenvalue weighted by Gasteiger charge is -2.46. The average molecular weight is 741 g/mol. The van der Waals surface area contributed by atoms with Gasteiger partial charge in [-0.2, -0.15) is 0 Å². The van der Waals surface area contributed by atoms with Crippen LogP contribution in [0.5, 0.6) is 5.75 Å². The summed E-state index contributed by atoms with van der Waals surface area (Å²) in [6, 6.07) is 10.9. The van der Waals surface area contributed by atoms with Crippen molar-refractivity contribution in [1.29, 1.82) is 0 Å². The lowest BCUT2D eigenvalue weighted by atomic mass is 9.68. The van der Waals surface area contributed by atoms with E-state index in [1.807, 2.05) is 12.1 Å². The topological polar surface area (TPSA) is 118 Å². The molecule has 2 bridgehead atoms. The van der Waals surface area contributed by atoms with Crippen molar-refractivity contribution in [2.45, 2.75) is 74.4 Å². The number of amides is 2. The van der Waals surface area contributed by atoms with Crippen LogP contribution in [0.2, 0.25) is 5.02 Å². The summed E-state index contributed by atoms with van der Waals surface area (Å²) in [6.45, 7) is 7.73. The Morgan fingerprint density at radius 3 is 2.71 bits per heavy atom. The molecule has 11 nitrogen and oxygen atoms in total. The molecular weight excluding hydrogens is 692 g/mol. The van der Waals surface area contributed by atoms with Gasteiger partial charge in [-0.05, 0) is 119 Å². The number of nitrogens with zero attached hydrogens (tertiary/aromatic N) is 3. The molecule has 2 aromatic rings. The van der Waals surface area contributed by atoms with Gasteiger partial charge in [-0.15, -0.1) is 0 Å². The second kappa shape index (κ2) is 14.2. The van der Waals surface area contributed by atoms with E-state index in [2.05, 4.69) is 33.7 Å². The van der Waals surface area contributed by atoms with E-state index in [4.69, 9.17) is 25.8 Å². The van der Waals surface area contributed by atoms with Crippen molar-refractivity contribution < 1.29 is 32.2 Å². The predicted molar refractivity (Wildman–Crippen MR) is 195 cm³/mol. The van der Waals surface area contributed by atoms with E-state index in [0.717, 1.165) is 51.6 Å². The van der Waals surface area contributed by atoms with Crippen LogP contribution < -0.4 is 14.4 Å². The number of benzene rings is 2. The summed E-state index contributed by atoms with van der Waals surface area (Å²) in [5.74, 6) is 0.00441. The van der Waals surface area contributed by atoms with Crippen LogP contribution in [0.25, 0.3) is 0 Å². The van der Waals surface area contributed by atoms with Gasteiger partial charge in [0, 0.05) is 49.1 Å². The maximum atomic E-state index is 13.7. The number of aryl methyl sites for hydroxylation is 1. The molecule has 4 atom stereocenters. The van der Waals surface area contributed by atoms with Crippen LogP contribution in [0.15, 0.2) is 53.4 Å². The molecule has 0 unspecified atom stereocenters. The van der Waals surface area contributed by atoms with Crippen LogP contribution in [-0.4, -0.2) is 101 Å². The van der Waals surface area contributed by atoms with E-state index in [1.165, 1.54) is 31.0 Å². The van der Waals surface area contributed by atoms with Gasteiger partial charge in [0.15, 0.2) is 0 Å². The van der Waals surface area contributed by atoms with Gasteiger partial charge in [0.2, 0.25) is 0 Å². The van der Waals surface area contributed by atoms with Crippen LogP contribution in [0.1, 0.15) is 57.1 Å². The highest BCUT2D eigenvalue weighted by molar-refractivity contribution is 7.90. The molecule has 7 rings (SSSR count). The molecule has 2 amide bonds. The maximum absolute atomic E-state index is 13.7. The highest BCUT2D eigenvalue weighted by Gasteiger charge is 2.45. The Bertz CT molecular complexity index is 1800. The number of sulfonamides is 1. The van der Waals surface area contributed by atoms with Gasteiger partial charge in [-0.25, -0.2) is 17.9 Å². The van der Waals surface area contributed by atoms with Crippen molar-refractivity contribution in [1.82, 2.24) is 14.5 Å². The van der Waals surface area contributed by atoms with Crippen LogP contribution >= 0.6 is 11.6 Å². The van der Waals surface area contributed by atoms with E-state index in [9.17, 15) is 18.0 Å². The highest BCUT2D eigenvalue weighted by Crippen LogP contribution is 2.47. The van der Waals surface area contributed by atoms with Gasteiger partial charge in [0.05, 0.1) is 23.8 Å². The third-order valence-corrected chi connectivity index (χ3v) is 13.1. The molecule has 1 spiro atoms. The predicted octanol–water partition coefficient (Wildman–Crippen LogP) is 5.15. The minimum absolute atomic E-state index is 0.0298. The number of likely N-dealkylation sites (N-methyl/N-ethyl adjacent to an activating group) is 1. The largest absolute Gasteiger partial charge is 0.490 e. The van der Waals surface area contributed by atoms with Crippen LogP contribution in [-0.2, 0) is 36.1 Å². The molecule has 0 radical (unpaired) electrons. The van der Waals surface area contributed by atoms with Crippen molar-refractivity contribution in [3.05, 3.63) is 64.7 Å². The molecule has 2 aliphatic carbocycles. The SMILES string of the molecule is CN1CCCN(C(=O)O[C@H]2C=CCOC(C)(C)C(=O)NS(=O)(=O)c3ccc4c(c3)N(C[C@@H]3CC[C@H]32)C[C@@]2(CCCc3cc(Cl)ccc32)CO4)CC1. The number of nitrogens with one attached hydrogen (secondary N) is 1. The molecule has 3 aliphatic heterocycles. The number of hydrogen-bond acceptors (Lipinski definition) is 9. The first kappa shape index (κ1) is 36.1. The Hall–Kier alpha value is -3.32. The van der Waals surface area contributed by atoms with Gasteiger partial charge < -0.3 is 28.9 Å². The smallest absolute Gasteiger partial charge is 0.410 e. The van der Waals surface area contributed by atoms with Gasteiger partial charge in [-0.3, -0.25) is 4.79 Å². The Balaban J connectivity index is 1.26. The summed E-state index contributed by atoms with van der Waals surface area (Å²) in [7, 11) is -2.17. The normalized spacial score (nSPS) is 29.3. The van der Waals surface area contributed by atoms with E-state index >= 15 is 0 Å². The van der Waals surface area contributed by atoms with Crippen molar-refractivity contribution >= 4 is 39.3 Å².